The summed E-state index contributed by atoms with van der Waals surface area (Å²) in [6, 6.07) is 13.8. The van der Waals surface area contributed by atoms with Gasteiger partial charge in [0.05, 0.1) is 4.90 Å². The molecule has 0 atom stereocenters. The monoisotopic (exact) mass is 277 g/mol. The number of nitrogens with two attached hydrogens (primary N) is 1. The standard InChI is InChI=1S/C14H15NO3S/c1-19(16,17)13-8-6-12(7-9-13)18-14-5-3-2-4-11(14)10-15/h2-9H,10,15H2,1H3. The van der Waals surface area contributed by atoms with Crippen molar-refractivity contribution in [1.29, 1.82) is 0 Å². The minimum Gasteiger partial charge on any atom is -0.457 e. The first-order valence-corrected chi connectivity index (χ1v) is 7.66. The third-order valence-corrected chi connectivity index (χ3v) is 3.80. The smallest absolute Gasteiger partial charge is 0.175 e. The van der Waals surface area contributed by atoms with Crippen molar-refractivity contribution in [3.05, 3.63) is 54.1 Å². The highest BCUT2D eigenvalue weighted by molar-refractivity contribution is 7.90. The Kier molecular flexibility index (Phi) is 3.87. The van der Waals surface area contributed by atoms with Gasteiger partial charge in [-0.2, -0.15) is 0 Å². The van der Waals surface area contributed by atoms with Gasteiger partial charge < -0.3 is 10.5 Å². The van der Waals surface area contributed by atoms with Crippen molar-refractivity contribution in [3.8, 4) is 11.5 Å². The molecule has 0 aliphatic carbocycles. The fourth-order valence-corrected chi connectivity index (χ4v) is 2.28. The second-order valence-corrected chi connectivity index (χ2v) is 6.17. The molecule has 2 N–H and O–H groups in total. The Balaban J connectivity index is 2.25. The molecule has 0 fully saturated rings. The zero-order valence-electron chi connectivity index (χ0n) is 10.5. The van der Waals surface area contributed by atoms with E-state index in [2.05, 4.69) is 0 Å². The maximum atomic E-state index is 11.3. The van der Waals surface area contributed by atoms with Crippen LogP contribution in [0.2, 0.25) is 0 Å². The van der Waals surface area contributed by atoms with Crippen LogP contribution in [-0.4, -0.2) is 14.7 Å². The van der Waals surface area contributed by atoms with Gasteiger partial charge in [-0.25, -0.2) is 8.42 Å². The minimum atomic E-state index is -3.18. The Morgan fingerprint density at radius 3 is 2.26 bits per heavy atom. The number of hydrogen-bond acceptors (Lipinski definition) is 4. The normalized spacial score (nSPS) is 11.3. The number of benzene rings is 2. The van der Waals surface area contributed by atoms with Crippen LogP contribution in [0.3, 0.4) is 0 Å². The molecule has 100 valence electrons. The summed E-state index contributed by atoms with van der Waals surface area (Å²) in [7, 11) is -3.18. The SMILES string of the molecule is CS(=O)(=O)c1ccc(Oc2ccccc2CN)cc1. The molecule has 0 spiro atoms. The fourth-order valence-electron chi connectivity index (χ4n) is 1.65. The summed E-state index contributed by atoms with van der Waals surface area (Å²) in [6.07, 6.45) is 1.17. The summed E-state index contributed by atoms with van der Waals surface area (Å²) >= 11 is 0. The zero-order valence-corrected chi connectivity index (χ0v) is 11.4. The van der Waals surface area contributed by atoms with E-state index in [4.69, 9.17) is 10.5 Å². The Labute approximate surface area is 112 Å². The molecule has 0 aliphatic heterocycles. The first-order valence-electron chi connectivity index (χ1n) is 5.76. The fraction of sp³-hybridized carbons (Fsp3) is 0.143. The maximum Gasteiger partial charge on any atom is 0.175 e. The average molecular weight is 277 g/mol. The van der Waals surface area contributed by atoms with E-state index in [9.17, 15) is 8.42 Å². The van der Waals surface area contributed by atoms with Crippen molar-refractivity contribution in [2.45, 2.75) is 11.4 Å². The van der Waals surface area contributed by atoms with Crippen LogP contribution in [-0.2, 0) is 16.4 Å². The highest BCUT2D eigenvalue weighted by Crippen LogP contribution is 2.25. The van der Waals surface area contributed by atoms with Crippen molar-refractivity contribution in [1.82, 2.24) is 0 Å². The van der Waals surface area contributed by atoms with E-state index in [-0.39, 0.29) is 4.90 Å². The summed E-state index contributed by atoms with van der Waals surface area (Å²) in [5.74, 6) is 1.26. The van der Waals surface area contributed by atoms with Gasteiger partial charge in [-0.05, 0) is 30.3 Å². The van der Waals surface area contributed by atoms with Crippen molar-refractivity contribution >= 4 is 9.84 Å². The lowest BCUT2D eigenvalue weighted by Gasteiger charge is -2.10. The minimum absolute atomic E-state index is 0.270. The largest absolute Gasteiger partial charge is 0.457 e. The summed E-state index contributed by atoms with van der Waals surface area (Å²) in [5.41, 5.74) is 6.52. The van der Waals surface area contributed by atoms with E-state index in [1.165, 1.54) is 18.4 Å². The van der Waals surface area contributed by atoms with Gasteiger partial charge in [0.25, 0.3) is 0 Å². The van der Waals surface area contributed by atoms with Crippen LogP contribution in [0.25, 0.3) is 0 Å². The van der Waals surface area contributed by atoms with Crippen LogP contribution < -0.4 is 10.5 Å². The molecule has 2 rings (SSSR count). The molecule has 0 heterocycles. The molecule has 0 bridgehead atoms. The summed E-state index contributed by atoms with van der Waals surface area (Å²) < 4.78 is 28.4. The lowest BCUT2D eigenvalue weighted by atomic mass is 10.2. The van der Waals surface area contributed by atoms with E-state index in [1.54, 1.807) is 12.1 Å². The predicted octanol–water partition coefficient (Wildman–Crippen LogP) is 2.34. The van der Waals surface area contributed by atoms with Crippen LogP contribution in [0.1, 0.15) is 5.56 Å². The van der Waals surface area contributed by atoms with E-state index in [0.29, 0.717) is 18.0 Å². The first kappa shape index (κ1) is 13.6. The molecule has 2 aromatic carbocycles. The van der Waals surface area contributed by atoms with Gasteiger partial charge in [0.15, 0.2) is 9.84 Å². The third-order valence-electron chi connectivity index (χ3n) is 2.67. The molecule has 5 heteroatoms. The number of ether oxygens (including phenoxy) is 1. The lowest BCUT2D eigenvalue weighted by molar-refractivity contribution is 0.476. The molecule has 0 aliphatic rings. The highest BCUT2D eigenvalue weighted by atomic mass is 32.2. The maximum absolute atomic E-state index is 11.3. The molecule has 4 nitrogen and oxygen atoms in total. The van der Waals surface area contributed by atoms with E-state index in [1.807, 2.05) is 24.3 Å². The molecule has 0 unspecified atom stereocenters. The van der Waals surface area contributed by atoms with Crippen molar-refractivity contribution in [2.75, 3.05) is 6.26 Å². The summed E-state index contributed by atoms with van der Waals surface area (Å²) in [6.45, 7) is 0.387. The Bertz CT molecular complexity index is 663. The Morgan fingerprint density at radius 1 is 1.05 bits per heavy atom. The first-order chi connectivity index (χ1) is 9.00. The summed E-state index contributed by atoms with van der Waals surface area (Å²) in [4.78, 5) is 0.270. The zero-order chi connectivity index (χ0) is 13.9. The van der Waals surface area contributed by atoms with Gasteiger partial charge in [0.1, 0.15) is 11.5 Å². The van der Waals surface area contributed by atoms with Gasteiger partial charge >= 0.3 is 0 Å². The van der Waals surface area contributed by atoms with Crippen LogP contribution in [0, 0.1) is 0 Å². The molecule has 0 aromatic heterocycles. The van der Waals surface area contributed by atoms with Crippen molar-refractivity contribution in [3.63, 3.8) is 0 Å². The van der Waals surface area contributed by atoms with E-state index in [0.717, 1.165) is 5.56 Å². The molecule has 0 saturated heterocycles. The van der Waals surface area contributed by atoms with Crippen LogP contribution >= 0.6 is 0 Å². The van der Waals surface area contributed by atoms with Crippen molar-refractivity contribution in [2.24, 2.45) is 5.73 Å². The van der Waals surface area contributed by atoms with E-state index >= 15 is 0 Å². The summed E-state index contributed by atoms with van der Waals surface area (Å²) in [5, 5.41) is 0. The Morgan fingerprint density at radius 2 is 1.68 bits per heavy atom. The number of hydrogen-bond donors (Lipinski definition) is 1. The van der Waals surface area contributed by atoms with Crippen molar-refractivity contribution < 1.29 is 13.2 Å². The third kappa shape index (κ3) is 3.33. The second kappa shape index (κ2) is 5.42. The molecule has 2 aromatic rings. The van der Waals surface area contributed by atoms with Gasteiger partial charge in [-0.15, -0.1) is 0 Å². The van der Waals surface area contributed by atoms with Crippen LogP contribution in [0.5, 0.6) is 11.5 Å². The number of rotatable bonds is 4. The quantitative estimate of drug-likeness (QED) is 0.931. The topological polar surface area (TPSA) is 69.4 Å². The molecule has 0 saturated carbocycles. The molecular weight excluding hydrogens is 262 g/mol. The van der Waals surface area contributed by atoms with Gasteiger partial charge in [-0.1, -0.05) is 18.2 Å². The van der Waals surface area contributed by atoms with Gasteiger partial charge in [0.2, 0.25) is 0 Å². The van der Waals surface area contributed by atoms with Gasteiger partial charge in [0, 0.05) is 18.4 Å². The highest BCUT2D eigenvalue weighted by Gasteiger charge is 2.07. The molecular formula is C14H15NO3S. The average Bonchev–Trinajstić information content (AvgIpc) is 2.39. The second-order valence-electron chi connectivity index (χ2n) is 4.16. The number of para-hydroxylation sites is 1. The number of sulfone groups is 1. The lowest BCUT2D eigenvalue weighted by Crippen LogP contribution is -1.99. The Hall–Kier alpha value is -1.85. The molecule has 19 heavy (non-hydrogen) atoms. The molecule has 0 amide bonds. The van der Waals surface area contributed by atoms with E-state index < -0.39 is 9.84 Å². The predicted molar refractivity (Wildman–Crippen MR) is 74.0 cm³/mol. The van der Waals surface area contributed by atoms with Gasteiger partial charge in [-0.3, -0.25) is 0 Å². The van der Waals surface area contributed by atoms with Crippen LogP contribution in [0.4, 0.5) is 0 Å². The molecule has 0 radical (unpaired) electrons. The van der Waals surface area contributed by atoms with Crippen LogP contribution in [0.15, 0.2) is 53.4 Å².